The Balaban J connectivity index is 2.58. The zero-order chi connectivity index (χ0) is 8.27. The molecule has 0 spiro atoms. The molecule has 4 nitrogen and oxygen atoms in total. The van der Waals surface area contributed by atoms with E-state index in [-0.39, 0.29) is 0 Å². The molecule has 0 unspecified atom stereocenters. The normalized spacial score (nSPS) is 10.4. The first-order valence-electron chi connectivity index (χ1n) is 3.52. The Morgan fingerprint density at radius 1 is 1.73 bits per heavy atom. The van der Waals surface area contributed by atoms with E-state index < -0.39 is 0 Å². The largest absolute Gasteiger partial charge is 0.396 e. The van der Waals surface area contributed by atoms with Crippen molar-refractivity contribution >= 4 is 5.69 Å². The summed E-state index contributed by atoms with van der Waals surface area (Å²) >= 11 is 0. The Morgan fingerprint density at radius 3 is 2.91 bits per heavy atom. The second-order valence-corrected chi connectivity index (χ2v) is 2.43. The molecule has 0 aliphatic carbocycles. The third-order valence-corrected chi connectivity index (χ3v) is 1.51. The van der Waals surface area contributed by atoms with Crippen LogP contribution in [0.1, 0.15) is 5.69 Å². The molecular formula is C7H13N3O. The molecule has 11 heavy (non-hydrogen) atoms. The first kappa shape index (κ1) is 8.07. The second-order valence-electron chi connectivity index (χ2n) is 2.43. The van der Waals surface area contributed by atoms with E-state index >= 15 is 0 Å². The number of ether oxygens (including phenoxy) is 1. The van der Waals surface area contributed by atoms with Crippen molar-refractivity contribution in [1.82, 2.24) is 9.78 Å². The van der Waals surface area contributed by atoms with Gasteiger partial charge in [-0.05, 0) is 6.92 Å². The number of nitrogen functional groups attached to an aromatic ring is 1. The minimum atomic E-state index is 0.667. The summed E-state index contributed by atoms with van der Waals surface area (Å²) in [5.41, 5.74) is 7.20. The number of methoxy groups -OCH3 is 1. The maximum absolute atomic E-state index is 5.59. The van der Waals surface area contributed by atoms with Gasteiger partial charge in [-0.25, -0.2) is 0 Å². The molecule has 0 radical (unpaired) electrons. The minimum Gasteiger partial charge on any atom is -0.396 e. The van der Waals surface area contributed by atoms with Gasteiger partial charge < -0.3 is 10.5 Å². The molecule has 0 bridgehead atoms. The summed E-state index contributed by atoms with van der Waals surface area (Å²) in [4.78, 5) is 0. The highest BCUT2D eigenvalue weighted by Crippen LogP contribution is 2.05. The van der Waals surface area contributed by atoms with E-state index in [0.29, 0.717) is 6.61 Å². The van der Waals surface area contributed by atoms with Crippen LogP contribution < -0.4 is 5.73 Å². The average molecular weight is 155 g/mol. The fraction of sp³-hybridized carbons (Fsp3) is 0.571. The van der Waals surface area contributed by atoms with Gasteiger partial charge in [0.2, 0.25) is 0 Å². The lowest BCUT2D eigenvalue weighted by molar-refractivity contribution is 0.183. The third-order valence-electron chi connectivity index (χ3n) is 1.51. The molecule has 0 amide bonds. The number of nitrogens with two attached hydrogens (primary N) is 1. The van der Waals surface area contributed by atoms with Crippen LogP contribution in [0, 0.1) is 6.92 Å². The number of anilines is 1. The van der Waals surface area contributed by atoms with E-state index in [1.165, 1.54) is 0 Å². The lowest BCUT2D eigenvalue weighted by Crippen LogP contribution is -2.04. The van der Waals surface area contributed by atoms with E-state index in [1.54, 1.807) is 11.8 Å². The fourth-order valence-electron chi connectivity index (χ4n) is 0.833. The highest BCUT2D eigenvalue weighted by Gasteiger charge is 1.98. The van der Waals surface area contributed by atoms with Crippen molar-refractivity contribution < 1.29 is 4.74 Å². The van der Waals surface area contributed by atoms with Gasteiger partial charge >= 0.3 is 0 Å². The standard InChI is InChI=1S/C7H13N3O/c1-6-7(8)5-10(9-6)3-4-11-2/h5H,3-4,8H2,1-2H3. The quantitative estimate of drug-likeness (QED) is 0.688. The Bertz CT molecular complexity index is 212. The van der Waals surface area contributed by atoms with E-state index in [0.717, 1.165) is 17.9 Å². The Kier molecular flexibility index (Phi) is 2.48. The maximum Gasteiger partial charge on any atom is 0.0822 e. The monoisotopic (exact) mass is 155 g/mol. The van der Waals surface area contributed by atoms with Crippen molar-refractivity contribution in [2.45, 2.75) is 13.5 Å². The van der Waals surface area contributed by atoms with E-state index in [9.17, 15) is 0 Å². The smallest absolute Gasteiger partial charge is 0.0822 e. The fourth-order valence-corrected chi connectivity index (χ4v) is 0.833. The summed E-state index contributed by atoms with van der Waals surface area (Å²) in [6.07, 6.45) is 1.81. The number of rotatable bonds is 3. The number of hydrogen-bond acceptors (Lipinski definition) is 3. The lowest BCUT2D eigenvalue weighted by Gasteiger charge is -1.97. The van der Waals surface area contributed by atoms with Crippen LogP contribution in [0.3, 0.4) is 0 Å². The zero-order valence-corrected chi connectivity index (χ0v) is 6.87. The van der Waals surface area contributed by atoms with Crippen LogP contribution in [0.4, 0.5) is 5.69 Å². The first-order chi connectivity index (χ1) is 5.24. The van der Waals surface area contributed by atoms with Crippen molar-refractivity contribution in [2.24, 2.45) is 0 Å². The predicted octanol–water partition coefficient (Wildman–Crippen LogP) is 0.420. The Morgan fingerprint density at radius 2 is 2.45 bits per heavy atom. The summed E-state index contributed by atoms with van der Waals surface area (Å²) in [5, 5.41) is 4.16. The SMILES string of the molecule is COCCn1cc(N)c(C)n1. The molecule has 1 aromatic heterocycles. The van der Waals surface area contributed by atoms with Crippen LogP contribution in [-0.2, 0) is 11.3 Å². The van der Waals surface area contributed by atoms with Gasteiger partial charge in [-0.1, -0.05) is 0 Å². The molecule has 4 heteroatoms. The van der Waals surface area contributed by atoms with Crippen molar-refractivity contribution in [3.8, 4) is 0 Å². The molecule has 1 aromatic rings. The topological polar surface area (TPSA) is 53.1 Å². The summed E-state index contributed by atoms with van der Waals surface area (Å²) in [6, 6.07) is 0. The molecule has 1 rings (SSSR count). The van der Waals surface area contributed by atoms with Crippen LogP contribution in [0.5, 0.6) is 0 Å². The molecule has 2 N–H and O–H groups in total. The summed E-state index contributed by atoms with van der Waals surface area (Å²) in [6.45, 7) is 3.31. The highest BCUT2D eigenvalue weighted by molar-refractivity contribution is 5.39. The average Bonchev–Trinajstić information content (AvgIpc) is 2.28. The molecule has 62 valence electrons. The molecule has 1 heterocycles. The molecule has 0 aliphatic heterocycles. The van der Waals surface area contributed by atoms with Crippen LogP contribution in [0.2, 0.25) is 0 Å². The lowest BCUT2D eigenvalue weighted by atomic mass is 10.4. The van der Waals surface area contributed by atoms with Gasteiger partial charge in [-0.3, -0.25) is 4.68 Å². The molecule has 0 saturated heterocycles. The van der Waals surface area contributed by atoms with Gasteiger partial charge in [0.15, 0.2) is 0 Å². The van der Waals surface area contributed by atoms with Gasteiger partial charge in [0.05, 0.1) is 24.5 Å². The van der Waals surface area contributed by atoms with Gasteiger partial charge in [0.25, 0.3) is 0 Å². The van der Waals surface area contributed by atoms with Gasteiger partial charge in [0.1, 0.15) is 0 Å². The van der Waals surface area contributed by atoms with E-state index in [1.807, 2.05) is 13.1 Å². The Hall–Kier alpha value is -1.03. The van der Waals surface area contributed by atoms with Crippen molar-refractivity contribution in [1.29, 1.82) is 0 Å². The molecule has 0 aromatic carbocycles. The number of aryl methyl sites for hydroxylation is 1. The van der Waals surface area contributed by atoms with Crippen molar-refractivity contribution in [2.75, 3.05) is 19.5 Å². The Labute approximate surface area is 66.0 Å². The van der Waals surface area contributed by atoms with E-state index in [2.05, 4.69) is 5.10 Å². The van der Waals surface area contributed by atoms with Crippen LogP contribution in [0.15, 0.2) is 6.20 Å². The van der Waals surface area contributed by atoms with Gasteiger partial charge in [-0.15, -0.1) is 0 Å². The molecule has 0 saturated carbocycles. The van der Waals surface area contributed by atoms with Crippen LogP contribution in [-0.4, -0.2) is 23.5 Å². The number of nitrogens with zero attached hydrogens (tertiary/aromatic N) is 2. The van der Waals surface area contributed by atoms with Gasteiger partial charge in [0, 0.05) is 13.3 Å². The van der Waals surface area contributed by atoms with Crippen LogP contribution in [0.25, 0.3) is 0 Å². The third kappa shape index (κ3) is 1.94. The maximum atomic E-state index is 5.59. The first-order valence-corrected chi connectivity index (χ1v) is 3.52. The van der Waals surface area contributed by atoms with Crippen LogP contribution >= 0.6 is 0 Å². The zero-order valence-electron chi connectivity index (χ0n) is 6.87. The molecule has 0 aliphatic rings. The molecular weight excluding hydrogens is 142 g/mol. The van der Waals surface area contributed by atoms with Crippen molar-refractivity contribution in [3.05, 3.63) is 11.9 Å². The summed E-state index contributed by atoms with van der Waals surface area (Å²) < 4.78 is 6.68. The molecule has 0 fully saturated rings. The minimum absolute atomic E-state index is 0.667. The molecule has 0 atom stereocenters. The number of hydrogen-bond donors (Lipinski definition) is 1. The number of aromatic nitrogens is 2. The predicted molar refractivity (Wildman–Crippen MR) is 43.3 cm³/mol. The van der Waals surface area contributed by atoms with Crippen molar-refractivity contribution in [3.63, 3.8) is 0 Å². The summed E-state index contributed by atoms with van der Waals surface area (Å²) in [5.74, 6) is 0. The summed E-state index contributed by atoms with van der Waals surface area (Å²) in [7, 11) is 1.67. The van der Waals surface area contributed by atoms with E-state index in [4.69, 9.17) is 10.5 Å². The second kappa shape index (κ2) is 3.39. The van der Waals surface area contributed by atoms with Gasteiger partial charge in [-0.2, -0.15) is 5.10 Å². The highest BCUT2D eigenvalue weighted by atomic mass is 16.5.